The molecule has 1 heterocycles. The number of benzene rings is 2. The summed E-state index contributed by atoms with van der Waals surface area (Å²) in [5.74, 6) is 0.650. The van der Waals surface area contributed by atoms with Crippen LogP contribution in [0.2, 0.25) is 0 Å². The van der Waals surface area contributed by atoms with Crippen LogP contribution in [0, 0.1) is 23.7 Å². The van der Waals surface area contributed by atoms with E-state index < -0.39 is 0 Å². The number of fused-ring (bicyclic) bond motifs is 5. The molecule has 28 heavy (non-hydrogen) atoms. The van der Waals surface area contributed by atoms with Gasteiger partial charge in [-0.2, -0.15) is 0 Å². The number of Topliss-reactive ketones (excluding diaryl/α,β-unsaturated/α-hetero) is 1. The third-order valence-corrected chi connectivity index (χ3v) is 6.47. The second-order valence-electron chi connectivity index (χ2n) is 7.97. The van der Waals surface area contributed by atoms with Crippen LogP contribution in [0.5, 0.6) is 5.75 Å². The quantitative estimate of drug-likeness (QED) is 0.593. The first-order valence-electron chi connectivity index (χ1n) is 9.82. The first-order valence-corrected chi connectivity index (χ1v) is 9.82. The van der Waals surface area contributed by atoms with Gasteiger partial charge in [0.05, 0.1) is 17.5 Å². The molecule has 5 heteroatoms. The van der Waals surface area contributed by atoms with Crippen molar-refractivity contribution in [2.75, 3.05) is 11.5 Å². The van der Waals surface area contributed by atoms with Gasteiger partial charge in [0.2, 0.25) is 11.8 Å². The van der Waals surface area contributed by atoms with Crippen LogP contribution in [0.3, 0.4) is 0 Å². The van der Waals surface area contributed by atoms with Crippen LogP contribution in [0.4, 0.5) is 5.69 Å². The summed E-state index contributed by atoms with van der Waals surface area (Å²) in [4.78, 5) is 39.5. The van der Waals surface area contributed by atoms with Crippen molar-refractivity contribution in [3.63, 3.8) is 0 Å². The fourth-order valence-corrected chi connectivity index (χ4v) is 5.23. The summed E-state index contributed by atoms with van der Waals surface area (Å²) in [6, 6.07) is 15.9. The largest absolute Gasteiger partial charge is 0.485 e. The molecule has 5 nitrogen and oxygen atoms in total. The molecule has 2 aromatic carbocycles. The number of amides is 2. The molecule has 5 rings (SSSR count). The van der Waals surface area contributed by atoms with E-state index in [2.05, 4.69) is 0 Å². The molecule has 0 N–H and O–H groups in total. The van der Waals surface area contributed by atoms with E-state index in [1.165, 1.54) is 4.90 Å². The topological polar surface area (TPSA) is 63.7 Å². The van der Waals surface area contributed by atoms with E-state index in [4.69, 9.17) is 4.74 Å². The normalized spacial score (nSPS) is 27.9. The Hall–Kier alpha value is -2.95. The number of imide groups is 1. The Kier molecular flexibility index (Phi) is 4.04. The van der Waals surface area contributed by atoms with Crippen LogP contribution < -0.4 is 9.64 Å². The third kappa shape index (κ3) is 2.65. The molecule has 2 aliphatic carbocycles. The van der Waals surface area contributed by atoms with Gasteiger partial charge in [-0.25, -0.2) is 4.90 Å². The molecule has 2 amide bonds. The summed E-state index contributed by atoms with van der Waals surface area (Å²) in [7, 11) is 0. The van der Waals surface area contributed by atoms with E-state index in [9.17, 15) is 14.4 Å². The highest BCUT2D eigenvalue weighted by Gasteiger charge is 2.61. The lowest BCUT2D eigenvalue weighted by atomic mass is 9.81. The second-order valence-corrected chi connectivity index (χ2v) is 7.97. The molecule has 2 aromatic rings. The highest BCUT2D eigenvalue weighted by Crippen LogP contribution is 2.56. The van der Waals surface area contributed by atoms with Gasteiger partial charge in [-0.05, 0) is 43.2 Å². The van der Waals surface area contributed by atoms with Crippen molar-refractivity contribution in [3.05, 3.63) is 60.2 Å². The van der Waals surface area contributed by atoms with Crippen LogP contribution in [0.25, 0.3) is 0 Å². The Morgan fingerprint density at radius 3 is 2.29 bits per heavy atom. The lowest BCUT2D eigenvalue weighted by Gasteiger charge is -2.19. The molecule has 1 saturated heterocycles. The van der Waals surface area contributed by atoms with Crippen LogP contribution in [-0.4, -0.2) is 24.2 Å². The molecular formula is C23H21NO4. The maximum absolute atomic E-state index is 13.0. The maximum Gasteiger partial charge on any atom is 0.237 e. The standard InChI is InChI=1S/C23H21NO4/c25-19(14-5-2-1-3-6-14)13-28-18-8-4-7-17(12-18)24-22(26)20-15-9-10-16(11-15)21(20)23(24)27/h1-8,12,15-16,20-21H,9-11,13H2/t15-,16-,20-,21-/m0/s1. The minimum atomic E-state index is -0.143. The highest BCUT2D eigenvalue weighted by atomic mass is 16.5. The van der Waals surface area contributed by atoms with Gasteiger partial charge in [-0.1, -0.05) is 36.4 Å². The van der Waals surface area contributed by atoms with Crippen molar-refractivity contribution in [1.29, 1.82) is 0 Å². The molecule has 2 saturated carbocycles. The Bertz CT molecular complexity index is 926. The minimum Gasteiger partial charge on any atom is -0.485 e. The Labute approximate surface area is 163 Å². The maximum atomic E-state index is 13.0. The van der Waals surface area contributed by atoms with Crippen LogP contribution in [0.15, 0.2) is 54.6 Å². The number of ether oxygens (including phenoxy) is 1. The number of carbonyl (C=O) groups is 3. The Morgan fingerprint density at radius 1 is 0.929 bits per heavy atom. The first kappa shape index (κ1) is 17.2. The average Bonchev–Trinajstić information content (AvgIpc) is 3.41. The Morgan fingerprint density at radius 2 is 1.61 bits per heavy atom. The van der Waals surface area contributed by atoms with Gasteiger partial charge in [-0.15, -0.1) is 0 Å². The number of hydrogen-bond acceptors (Lipinski definition) is 4. The molecule has 2 bridgehead atoms. The average molecular weight is 375 g/mol. The van der Waals surface area contributed by atoms with Crippen molar-refractivity contribution in [1.82, 2.24) is 0 Å². The summed E-state index contributed by atoms with van der Waals surface area (Å²) in [6.45, 7) is -0.0925. The summed E-state index contributed by atoms with van der Waals surface area (Å²) in [6.07, 6.45) is 3.14. The van der Waals surface area contributed by atoms with E-state index in [-0.39, 0.29) is 36.0 Å². The number of carbonyl (C=O) groups excluding carboxylic acids is 3. The van der Waals surface area contributed by atoms with E-state index in [1.807, 2.05) is 18.2 Å². The summed E-state index contributed by atoms with van der Waals surface area (Å²) in [5, 5.41) is 0. The number of anilines is 1. The Balaban J connectivity index is 1.33. The number of rotatable bonds is 5. The molecule has 3 aliphatic rings. The van der Waals surface area contributed by atoms with Gasteiger partial charge in [0.15, 0.2) is 12.4 Å². The third-order valence-electron chi connectivity index (χ3n) is 6.47. The van der Waals surface area contributed by atoms with Crippen molar-refractivity contribution >= 4 is 23.3 Å². The molecule has 0 aromatic heterocycles. The summed E-state index contributed by atoms with van der Waals surface area (Å²) in [5.41, 5.74) is 1.13. The molecule has 142 valence electrons. The van der Waals surface area contributed by atoms with Crippen LogP contribution in [0.1, 0.15) is 29.6 Å². The molecule has 3 fully saturated rings. The summed E-state index contributed by atoms with van der Waals surface area (Å²) < 4.78 is 5.64. The zero-order valence-electron chi connectivity index (χ0n) is 15.4. The molecule has 0 unspecified atom stereocenters. The molecule has 0 radical (unpaired) electrons. The van der Waals surface area contributed by atoms with E-state index in [0.29, 0.717) is 28.8 Å². The molecule has 1 aliphatic heterocycles. The van der Waals surface area contributed by atoms with Crippen molar-refractivity contribution in [3.8, 4) is 5.75 Å². The molecule has 4 atom stereocenters. The van der Waals surface area contributed by atoms with Gasteiger partial charge in [0.1, 0.15) is 5.75 Å². The predicted molar refractivity (Wildman–Crippen MR) is 103 cm³/mol. The van der Waals surface area contributed by atoms with Crippen molar-refractivity contribution in [2.24, 2.45) is 23.7 Å². The summed E-state index contributed by atoms with van der Waals surface area (Å²) >= 11 is 0. The number of hydrogen-bond donors (Lipinski definition) is 0. The highest BCUT2D eigenvalue weighted by molar-refractivity contribution is 6.22. The van der Waals surface area contributed by atoms with Gasteiger partial charge >= 0.3 is 0 Å². The number of ketones is 1. The van der Waals surface area contributed by atoms with Gasteiger partial charge in [-0.3, -0.25) is 14.4 Å². The predicted octanol–water partition coefficient (Wildman–Crippen LogP) is 3.48. The lowest BCUT2D eigenvalue weighted by molar-refractivity contribution is -0.123. The fraction of sp³-hybridized carbons (Fsp3) is 0.348. The van der Waals surface area contributed by atoms with Gasteiger partial charge in [0, 0.05) is 11.6 Å². The van der Waals surface area contributed by atoms with Gasteiger partial charge in [0.25, 0.3) is 0 Å². The zero-order valence-corrected chi connectivity index (χ0v) is 15.4. The first-order chi connectivity index (χ1) is 13.6. The fourth-order valence-electron chi connectivity index (χ4n) is 5.23. The van der Waals surface area contributed by atoms with Crippen molar-refractivity contribution in [2.45, 2.75) is 19.3 Å². The lowest BCUT2D eigenvalue weighted by Crippen LogP contribution is -2.32. The van der Waals surface area contributed by atoms with E-state index in [1.54, 1.807) is 36.4 Å². The van der Waals surface area contributed by atoms with Crippen LogP contribution in [-0.2, 0) is 9.59 Å². The van der Waals surface area contributed by atoms with Crippen molar-refractivity contribution < 1.29 is 19.1 Å². The number of nitrogens with zero attached hydrogens (tertiary/aromatic N) is 1. The van der Waals surface area contributed by atoms with E-state index >= 15 is 0 Å². The van der Waals surface area contributed by atoms with Gasteiger partial charge < -0.3 is 4.74 Å². The molecular weight excluding hydrogens is 354 g/mol. The smallest absolute Gasteiger partial charge is 0.237 e. The van der Waals surface area contributed by atoms with E-state index in [0.717, 1.165) is 19.3 Å². The monoisotopic (exact) mass is 375 g/mol. The molecule has 0 spiro atoms. The minimum absolute atomic E-state index is 0.0697. The SMILES string of the molecule is O=C(COc1cccc(N2C(=O)[C@H]3[C@H]4CC[C@@H](C4)[C@@H]3C2=O)c1)c1ccccc1. The van der Waals surface area contributed by atoms with Crippen LogP contribution >= 0.6 is 0 Å². The zero-order chi connectivity index (χ0) is 19.3. The second kappa shape index (κ2) is 6.59.